The second-order valence-electron chi connectivity index (χ2n) is 7.92. The molecule has 5 nitrogen and oxygen atoms in total. The van der Waals surface area contributed by atoms with Gasteiger partial charge in [-0.05, 0) is 12.1 Å². The highest BCUT2D eigenvalue weighted by Gasteiger charge is 2.20. The van der Waals surface area contributed by atoms with Gasteiger partial charge in [0.15, 0.2) is 0 Å². The number of aromatic hydroxyl groups is 1. The Balaban J connectivity index is 1.34. The fraction of sp³-hybridized carbons (Fsp3) is 0.192. The fourth-order valence-electron chi connectivity index (χ4n) is 4.18. The van der Waals surface area contributed by atoms with Crippen molar-refractivity contribution in [3.63, 3.8) is 0 Å². The van der Waals surface area contributed by atoms with Gasteiger partial charge in [-0.2, -0.15) is 0 Å². The van der Waals surface area contributed by atoms with E-state index in [1.807, 2.05) is 24.3 Å². The van der Waals surface area contributed by atoms with Gasteiger partial charge in [-0.3, -0.25) is 4.90 Å². The Morgan fingerprint density at radius 3 is 2.13 bits per heavy atom. The molecule has 156 valence electrons. The molecule has 0 bridgehead atoms. The molecule has 1 aliphatic heterocycles. The van der Waals surface area contributed by atoms with Crippen LogP contribution in [0.5, 0.6) is 5.75 Å². The molecule has 5 rings (SSSR count). The number of H-pyrrole nitrogens is 1. The predicted molar refractivity (Wildman–Crippen MR) is 125 cm³/mol. The van der Waals surface area contributed by atoms with Gasteiger partial charge < -0.3 is 15.0 Å². The normalized spacial score (nSPS) is 14.6. The Kier molecular flexibility index (Phi) is 5.42. The van der Waals surface area contributed by atoms with Crippen molar-refractivity contribution in [1.29, 1.82) is 0 Å². The van der Waals surface area contributed by atoms with Gasteiger partial charge in [0, 0.05) is 49.1 Å². The Morgan fingerprint density at radius 1 is 0.774 bits per heavy atom. The van der Waals surface area contributed by atoms with E-state index in [1.165, 1.54) is 0 Å². The molecule has 4 aromatic rings. The lowest BCUT2D eigenvalue weighted by Gasteiger charge is -2.35. The molecule has 1 aromatic heterocycles. The Morgan fingerprint density at radius 2 is 1.45 bits per heavy atom. The van der Waals surface area contributed by atoms with Crippen LogP contribution >= 0.6 is 0 Å². The van der Waals surface area contributed by atoms with Crippen LogP contribution in [-0.4, -0.2) is 46.2 Å². The van der Waals surface area contributed by atoms with Gasteiger partial charge in [0.05, 0.1) is 17.9 Å². The van der Waals surface area contributed by atoms with Crippen LogP contribution < -0.4 is 4.90 Å². The Hall–Kier alpha value is -3.57. The topological polar surface area (TPSA) is 55.4 Å². The molecule has 1 fully saturated rings. The van der Waals surface area contributed by atoms with Gasteiger partial charge in [0.25, 0.3) is 0 Å². The zero-order chi connectivity index (χ0) is 21.0. The summed E-state index contributed by atoms with van der Waals surface area (Å²) >= 11 is 0. The quantitative estimate of drug-likeness (QED) is 0.498. The number of phenols is 1. The number of hydrogen-bond acceptors (Lipinski definition) is 4. The number of piperazine rings is 1. The van der Waals surface area contributed by atoms with Crippen LogP contribution in [0, 0.1) is 0 Å². The van der Waals surface area contributed by atoms with Crippen molar-refractivity contribution in [3.05, 3.63) is 90.8 Å². The number of benzene rings is 3. The number of hydrogen-bond donors (Lipinski definition) is 2. The third-order valence-corrected chi connectivity index (χ3v) is 5.80. The minimum atomic E-state index is 0.317. The van der Waals surface area contributed by atoms with Crippen LogP contribution in [0.4, 0.5) is 5.69 Å². The summed E-state index contributed by atoms with van der Waals surface area (Å²) in [4.78, 5) is 13.3. The third kappa shape index (κ3) is 4.32. The minimum absolute atomic E-state index is 0.317. The second-order valence-corrected chi connectivity index (χ2v) is 7.92. The first-order valence-electron chi connectivity index (χ1n) is 10.7. The summed E-state index contributed by atoms with van der Waals surface area (Å²) in [5.41, 5.74) is 5.42. The van der Waals surface area contributed by atoms with Crippen molar-refractivity contribution in [2.45, 2.75) is 6.54 Å². The van der Waals surface area contributed by atoms with Gasteiger partial charge in [-0.1, -0.05) is 66.7 Å². The van der Waals surface area contributed by atoms with Crippen molar-refractivity contribution in [2.75, 3.05) is 31.1 Å². The summed E-state index contributed by atoms with van der Waals surface area (Å²) in [5, 5.41) is 9.76. The van der Waals surface area contributed by atoms with Crippen molar-refractivity contribution >= 4 is 5.69 Å². The lowest BCUT2D eigenvalue weighted by Crippen LogP contribution is -2.46. The van der Waals surface area contributed by atoms with E-state index in [1.54, 1.807) is 6.07 Å². The fourth-order valence-corrected chi connectivity index (χ4v) is 4.18. The van der Waals surface area contributed by atoms with Gasteiger partial charge >= 0.3 is 0 Å². The highest BCUT2D eigenvalue weighted by molar-refractivity contribution is 5.78. The van der Waals surface area contributed by atoms with Crippen LogP contribution in [0.25, 0.3) is 22.5 Å². The monoisotopic (exact) mass is 410 g/mol. The van der Waals surface area contributed by atoms with Gasteiger partial charge in [-0.25, -0.2) is 4.98 Å². The number of phenolic OH excluding ortho intramolecular Hbond substituents is 1. The first-order valence-corrected chi connectivity index (χ1v) is 10.7. The van der Waals surface area contributed by atoms with Crippen LogP contribution in [0.2, 0.25) is 0 Å². The lowest BCUT2D eigenvalue weighted by atomic mass is 10.1. The molecular formula is C26H26N4O. The molecule has 0 unspecified atom stereocenters. The smallest absolute Gasteiger partial charge is 0.121 e. The number of imidazole rings is 1. The maximum Gasteiger partial charge on any atom is 0.121 e. The Bertz CT molecular complexity index is 1080. The van der Waals surface area contributed by atoms with E-state index in [2.05, 4.69) is 69.4 Å². The summed E-state index contributed by atoms with van der Waals surface area (Å²) in [7, 11) is 0. The first kappa shape index (κ1) is 19.4. The summed E-state index contributed by atoms with van der Waals surface area (Å²) in [6.07, 6.45) is 0. The zero-order valence-electron chi connectivity index (χ0n) is 17.4. The van der Waals surface area contributed by atoms with E-state index in [0.29, 0.717) is 5.75 Å². The average molecular weight is 411 g/mol. The molecule has 0 saturated carbocycles. The van der Waals surface area contributed by atoms with E-state index in [9.17, 15) is 5.11 Å². The number of rotatable bonds is 5. The number of nitrogens with one attached hydrogen (secondary N) is 1. The standard InChI is InChI=1S/C26H26N4O/c31-23-13-7-12-22(18-23)30-16-14-29(15-17-30)19-24-27-25(20-8-3-1-4-9-20)26(28-24)21-10-5-2-6-11-21/h1-13,18,31H,14-17,19H2,(H,27,28). The molecule has 0 atom stereocenters. The van der Waals surface area contributed by atoms with Crippen molar-refractivity contribution in [2.24, 2.45) is 0 Å². The zero-order valence-corrected chi connectivity index (χ0v) is 17.4. The maximum absolute atomic E-state index is 9.76. The van der Waals surface area contributed by atoms with E-state index in [-0.39, 0.29) is 0 Å². The molecule has 2 heterocycles. The average Bonchev–Trinajstić information content (AvgIpc) is 3.24. The van der Waals surface area contributed by atoms with Crippen LogP contribution in [0.3, 0.4) is 0 Å². The minimum Gasteiger partial charge on any atom is -0.508 e. The molecule has 1 aliphatic rings. The molecule has 2 N–H and O–H groups in total. The molecular weight excluding hydrogens is 384 g/mol. The lowest BCUT2D eigenvalue weighted by molar-refractivity contribution is 0.245. The van der Waals surface area contributed by atoms with E-state index >= 15 is 0 Å². The number of aromatic amines is 1. The van der Waals surface area contributed by atoms with Gasteiger partial charge in [0.1, 0.15) is 11.6 Å². The molecule has 0 spiro atoms. The van der Waals surface area contributed by atoms with E-state index in [4.69, 9.17) is 4.98 Å². The van der Waals surface area contributed by atoms with Crippen LogP contribution in [-0.2, 0) is 6.54 Å². The Labute approximate surface area is 182 Å². The van der Waals surface area contributed by atoms with E-state index in [0.717, 1.165) is 66.8 Å². The number of anilines is 1. The third-order valence-electron chi connectivity index (χ3n) is 5.80. The van der Waals surface area contributed by atoms with Gasteiger partial charge in [-0.15, -0.1) is 0 Å². The molecule has 3 aromatic carbocycles. The molecule has 5 heteroatoms. The van der Waals surface area contributed by atoms with E-state index < -0.39 is 0 Å². The van der Waals surface area contributed by atoms with Crippen molar-refractivity contribution < 1.29 is 5.11 Å². The summed E-state index contributed by atoms with van der Waals surface area (Å²) in [6.45, 7) is 4.57. The molecule has 31 heavy (non-hydrogen) atoms. The molecule has 0 radical (unpaired) electrons. The van der Waals surface area contributed by atoms with Crippen molar-refractivity contribution in [1.82, 2.24) is 14.9 Å². The highest BCUT2D eigenvalue weighted by Crippen LogP contribution is 2.30. The molecule has 1 saturated heterocycles. The molecule has 0 aliphatic carbocycles. The summed E-state index contributed by atoms with van der Waals surface area (Å²) < 4.78 is 0. The SMILES string of the molecule is Oc1cccc(N2CCN(Cc3nc(-c4ccccc4)c(-c4ccccc4)[nH]3)CC2)c1. The molecule has 0 amide bonds. The van der Waals surface area contributed by atoms with Crippen LogP contribution in [0.1, 0.15) is 5.82 Å². The summed E-state index contributed by atoms with van der Waals surface area (Å²) in [5.74, 6) is 1.31. The second kappa shape index (κ2) is 8.66. The van der Waals surface area contributed by atoms with Crippen molar-refractivity contribution in [3.8, 4) is 28.3 Å². The number of aromatic nitrogens is 2. The largest absolute Gasteiger partial charge is 0.508 e. The van der Waals surface area contributed by atoms with Gasteiger partial charge in [0.2, 0.25) is 0 Å². The van der Waals surface area contributed by atoms with Crippen LogP contribution in [0.15, 0.2) is 84.9 Å². The highest BCUT2D eigenvalue weighted by atomic mass is 16.3. The first-order chi connectivity index (χ1) is 15.3. The number of nitrogens with zero attached hydrogens (tertiary/aromatic N) is 3. The summed E-state index contributed by atoms with van der Waals surface area (Å²) in [6, 6.07) is 28.3. The predicted octanol–water partition coefficient (Wildman–Crippen LogP) is 4.77. The maximum atomic E-state index is 9.76.